The molecule has 3 atom stereocenters. The maximum atomic E-state index is 12.8. The zero-order valence-electron chi connectivity index (χ0n) is 18.7. The Balaban J connectivity index is 2.06. The summed E-state index contributed by atoms with van der Waals surface area (Å²) >= 11 is 0. The summed E-state index contributed by atoms with van der Waals surface area (Å²) in [5, 5.41) is 10.2. The minimum Gasteiger partial charge on any atom is -0.503 e. The minimum atomic E-state index is -0.660. The Morgan fingerprint density at radius 2 is 1.77 bits per heavy atom. The van der Waals surface area contributed by atoms with Crippen molar-refractivity contribution in [1.29, 1.82) is 0 Å². The maximum absolute atomic E-state index is 12.8. The Labute approximate surface area is 183 Å². The van der Waals surface area contributed by atoms with Crippen LogP contribution in [0.3, 0.4) is 0 Å². The van der Waals surface area contributed by atoms with Gasteiger partial charge in [-0.1, -0.05) is 39.0 Å². The van der Waals surface area contributed by atoms with Crippen molar-refractivity contribution in [3.05, 3.63) is 48.3 Å². The summed E-state index contributed by atoms with van der Waals surface area (Å²) in [5.41, 5.74) is -0.119. The van der Waals surface area contributed by atoms with Crippen LogP contribution in [0.5, 0.6) is 17.2 Å². The fraction of sp³-hybridized carbons (Fsp3) is 0.458. The number of benzene rings is 1. The molecule has 7 heteroatoms. The quantitative estimate of drug-likeness (QED) is 0.417. The van der Waals surface area contributed by atoms with E-state index >= 15 is 0 Å². The van der Waals surface area contributed by atoms with E-state index in [1.54, 1.807) is 6.92 Å². The molecule has 0 fully saturated rings. The SMILES string of the molecule is CC[C@H](CC(=O)c1nccc(OC)c1O)C(=O)O[C@@H](C)[C@H](Oc1ccccc1)C(C)C. The molecule has 1 aromatic heterocycles. The van der Waals surface area contributed by atoms with Crippen LogP contribution in [0.4, 0.5) is 0 Å². The first-order valence-electron chi connectivity index (χ1n) is 10.5. The van der Waals surface area contributed by atoms with E-state index < -0.39 is 23.8 Å². The number of ether oxygens (including phenoxy) is 3. The number of ketones is 1. The Bertz CT molecular complexity index is 868. The largest absolute Gasteiger partial charge is 0.503 e. The number of hydrogen-bond acceptors (Lipinski definition) is 7. The molecule has 0 saturated carbocycles. The van der Waals surface area contributed by atoms with Gasteiger partial charge < -0.3 is 19.3 Å². The molecule has 1 aromatic carbocycles. The highest BCUT2D eigenvalue weighted by Crippen LogP contribution is 2.29. The number of aromatic hydroxyl groups is 1. The molecule has 0 spiro atoms. The van der Waals surface area contributed by atoms with Gasteiger partial charge in [-0.25, -0.2) is 4.98 Å². The molecule has 1 N–H and O–H groups in total. The first-order chi connectivity index (χ1) is 14.8. The zero-order chi connectivity index (χ0) is 23.0. The van der Waals surface area contributed by atoms with E-state index in [9.17, 15) is 14.7 Å². The van der Waals surface area contributed by atoms with Crippen molar-refractivity contribution in [3.8, 4) is 17.2 Å². The molecule has 31 heavy (non-hydrogen) atoms. The van der Waals surface area contributed by atoms with Gasteiger partial charge in [-0.15, -0.1) is 0 Å². The van der Waals surface area contributed by atoms with Gasteiger partial charge in [0.1, 0.15) is 18.0 Å². The molecule has 0 aliphatic heterocycles. The highest BCUT2D eigenvalue weighted by atomic mass is 16.6. The van der Waals surface area contributed by atoms with Gasteiger partial charge in [0.15, 0.2) is 23.0 Å². The third-order valence-electron chi connectivity index (χ3n) is 5.07. The summed E-state index contributed by atoms with van der Waals surface area (Å²) in [7, 11) is 1.39. The number of nitrogens with zero attached hydrogens (tertiary/aromatic N) is 1. The molecule has 0 unspecified atom stereocenters. The maximum Gasteiger partial charge on any atom is 0.309 e. The van der Waals surface area contributed by atoms with E-state index in [0.29, 0.717) is 12.2 Å². The number of carbonyl (C=O) groups excluding carboxylic acids is 2. The summed E-state index contributed by atoms with van der Waals surface area (Å²) in [6.07, 6.45) is 0.806. The average Bonchev–Trinajstić information content (AvgIpc) is 2.76. The van der Waals surface area contributed by atoms with E-state index in [0.717, 1.165) is 0 Å². The van der Waals surface area contributed by atoms with Crippen LogP contribution < -0.4 is 9.47 Å². The van der Waals surface area contributed by atoms with Crippen molar-refractivity contribution in [2.45, 2.75) is 52.7 Å². The van der Waals surface area contributed by atoms with Gasteiger partial charge in [0.25, 0.3) is 0 Å². The molecule has 2 aromatic rings. The van der Waals surface area contributed by atoms with Crippen LogP contribution in [0, 0.1) is 11.8 Å². The lowest BCUT2D eigenvalue weighted by atomic mass is 9.97. The lowest BCUT2D eigenvalue weighted by Crippen LogP contribution is -2.39. The highest BCUT2D eigenvalue weighted by Gasteiger charge is 2.31. The van der Waals surface area contributed by atoms with Crippen LogP contribution in [0.1, 0.15) is 51.0 Å². The Hall–Kier alpha value is -3.09. The molecule has 1 heterocycles. The van der Waals surface area contributed by atoms with Gasteiger partial charge in [-0.2, -0.15) is 0 Å². The Morgan fingerprint density at radius 1 is 1.10 bits per heavy atom. The first kappa shape index (κ1) is 24.2. The van der Waals surface area contributed by atoms with Crippen molar-refractivity contribution >= 4 is 11.8 Å². The molecule has 168 valence electrons. The lowest BCUT2D eigenvalue weighted by Gasteiger charge is -2.29. The number of para-hydroxylation sites is 1. The molecule has 0 amide bonds. The fourth-order valence-corrected chi connectivity index (χ4v) is 3.30. The standard InChI is InChI=1S/C24H31NO6/c1-6-17(14-19(26)21-22(27)20(29-5)12-13-25-21)24(28)30-16(4)23(15(2)3)31-18-10-8-7-9-11-18/h7-13,15-17,23,27H,6,14H2,1-5H3/t16-,17+,23+/m0/s1. The highest BCUT2D eigenvalue weighted by molar-refractivity contribution is 5.99. The van der Waals surface area contributed by atoms with Gasteiger partial charge in [0.05, 0.1) is 13.0 Å². The van der Waals surface area contributed by atoms with E-state index in [-0.39, 0.29) is 35.6 Å². The predicted molar refractivity (Wildman–Crippen MR) is 116 cm³/mol. The van der Waals surface area contributed by atoms with Gasteiger partial charge in [0.2, 0.25) is 0 Å². The molecule has 0 aliphatic rings. The molecule has 0 radical (unpaired) electrons. The summed E-state index contributed by atoms with van der Waals surface area (Å²) in [6.45, 7) is 7.59. The van der Waals surface area contributed by atoms with E-state index in [1.165, 1.54) is 19.4 Å². The summed E-state index contributed by atoms with van der Waals surface area (Å²) < 4.78 is 16.7. The number of hydrogen-bond donors (Lipinski definition) is 1. The average molecular weight is 430 g/mol. The third kappa shape index (κ3) is 6.44. The number of methoxy groups -OCH3 is 1. The van der Waals surface area contributed by atoms with Crippen LogP contribution in [-0.2, 0) is 9.53 Å². The van der Waals surface area contributed by atoms with Gasteiger partial charge in [-0.05, 0) is 31.4 Å². The van der Waals surface area contributed by atoms with E-state index in [4.69, 9.17) is 14.2 Å². The number of esters is 1. The Morgan fingerprint density at radius 3 is 2.35 bits per heavy atom. The molecule has 2 rings (SSSR count). The van der Waals surface area contributed by atoms with Crippen LogP contribution in [0.15, 0.2) is 42.6 Å². The second kappa shape index (κ2) is 11.3. The van der Waals surface area contributed by atoms with Gasteiger partial charge in [0, 0.05) is 18.7 Å². The van der Waals surface area contributed by atoms with Crippen LogP contribution in [0.25, 0.3) is 0 Å². The second-order valence-corrected chi connectivity index (χ2v) is 7.72. The molecular weight excluding hydrogens is 398 g/mol. The van der Waals surface area contributed by atoms with Crippen LogP contribution in [0.2, 0.25) is 0 Å². The molecular formula is C24H31NO6. The topological polar surface area (TPSA) is 95.0 Å². The summed E-state index contributed by atoms with van der Waals surface area (Å²) in [4.78, 5) is 29.4. The molecule has 0 aliphatic carbocycles. The predicted octanol–water partition coefficient (Wildman–Crippen LogP) is 4.43. The van der Waals surface area contributed by atoms with Crippen molar-refractivity contribution in [2.24, 2.45) is 11.8 Å². The second-order valence-electron chi connectivity index (χ2n) is 7.72. The van der Waals surface area contributed by atoms with Crippen LogP contribution >= 0.6 is 0 Å². The smallest absolute Gasteiger partial charge is 0.309 e. The molecule has 0 bridgehead atoms. The van der Waals surface area contributed by atoms with Gasteiger partial charge >= 0.3 is 5.97 Å². The number of Topliss-reactive ketones (excluding diaryl/α,β-unsaturated/α-hetero) is 1. The number of carbonyl (C=O) groups is 2. The first-order valence-corrected chi connectivity index (χ1v) is 10.5. The lowest BCUT2D eigenvalue weighted by molar-refractivity contribution is -0.159. The summed E-state index contributed by atoms with van der Waals surface area (Å²) in [5.74, 6) is -0.967. The summed E-state index contributed by atoms with van der Waals surface area (Å²) in [6, 6.07) is 10.8. The number of pyridine rings is 1. The van der Waals surface area contributed by atoms with Crippen molar-refractivity contribution in [3.63, 3.8) is 0 Å². The molecule has 0 saturated heterocycles. The van der Waals surface area contributed by atoms with Crippen molar-refractivity contribution in [1.82, 2.24) is 4.98 Å². The van der Waals surface area contributed by atoms with Crippen LogP contribution in [-0.4, -0.2) is 41.2 Å². The number of aromatic nitrogens is 1. The fourth-order valence-electron chi connectivity index (χ4n) is 3.30. The van der Waals surface area contributed by atoms with Crippen molar-refractivity contribution in [2.75, 3.05) is 7.11 Å². The normalized spacial score (nSPS) is 13.9. The molecule has 7 nitrogen and oxygen atoms in total. The number of rotatable bonds is 11. The minimum absolute atomic E-state index is 0.0997. The van der Waals surface area contributed by atoms with Crippen molar-refractivity contribution < 1.29 is 28.9 Å². The zero-order valence-corrected chi connectivity index (χ0v) is 18.7. The van der Waals surface area contributed by atoms with E-state index in [1.807, 2.05) is 51.1 Å². The third-order valence-corrected chi connectivity index (χ3v) is 5.07. The Kier molecular flexibility index (Phi) is 8.85. The monoisotopic (exact) mass is 429 g/mol. The van der Waals surface area contributed by atoms with Gasteiger partial charge in [-0.3, -0.25) is 9.59 Å². The van der Waals surface area contributed by atoms with E-state index in [2.05, 4.69) is 4.98 Å².